The quantitative estimate of drug-likeness (QED) is 0.400. The van der Waals surface area contributed by atoms with Crippen LogP contribution >= 0.6 is 15.9 Å². The second-order valence-electron chi connectivity index (χ2n) is 6.23. The lowest BCUT2D eigenvalue weighted by molar-refractivity contribution is -0.138. The van der Waals surface area contributed by atoms with Crippen molar-refractivity contribution in [3.05, 3.63) is 52.5 Å². The highest BCUT2D eigenvalue weighted by Gasteiger charge is 2.27. The Balaban J connectivity index is 1.48. The Kier molecular flexibility index (Phi) is 6.35. The number of carbonyl (C=O) groups is 3. The van der Waals surface area contributed by atoms with Gasteiger partial charge in [-0.1, -0.05) is 6.07 Å². The maximum Gasteiger partial charge on any atom is 0.244 e. The lowest BCUT2D eigenvalue weighted by Crippen LogP contribution is -2.32. The first kappa shape index (κ1) is 19.9. The number of likely N-dealkylation sites (tertiary alicyclic amines) is 1. The largest absolute Gasteiger partial charge is 0.352 e. The summed E-state index contributed by atoms with van der Waals surface area (Å²) in [5.41, 5.74) is 0.842. The number of aromatic nitrogens is 2. The van der Waals surface area contributed by atoms with Crippen LogP contribution in [0.3, 0.4) is 0 Å². The fraction of sp³-hybridized carbons (Fsp3) is 0.263. The van der Waals surface area contributed by atoms with E-state index in [0.717, 1.165) is 4.47 Å². The van der Waals surface area contributed by atoms with E-state index in [1.807, 2.05) is 0 Å². The first-order valence-electron chi connectivity index (χ1n) is 8.73. The van der Waals surface area contributed by atoms with Crippen LogP contribution in [-0.2, 0) is 14.4 Å². The summed E-state index contributed by atoms with van der Waals surface area (Å²) in [6.45, 7) is 0.638. The summed E-state index contributed by atoms with van der Waals surface area (Å²) in [4.78, 5) is 36.1. The van der Waals surface area contributed by atoms with E-state index >= 15 is 0 Å². The highest BCUT2D eigenvalue weighted by Crippen LogP contribution is 2.18. The van der Waals surface area contributed by atoms with Gasteiger partial charge in [-0.3, -0.25) is 19.3 Å². The minimum atomic E-state index is -0.460. The fourth-order valence-corrected chi connectivity index (χ4v) is 3.08. The molecule has 2 aromatic rings. The van der Waals surface area contributed by atoms with Crippen LogP contribution in [0.15, 0.2) is 41.1 Å². The number of hydrogen-bond acceptors (Lipinski definition) is 4. The number of halogens is 2. The number of carbonyl (C=O) groups excluding carboxylic acids is 3. The molecular formula is C19H18BrFN4O3. The average molecular weight is 449 g/mol. The predicted molar refractivity (Wildman–Crippen MR) is 104 cm³/mol. The molecule has 0 aliphatic carbocycles. The van der Waals surface area contributed by atoms with Crippen LogP contribution in [0.5, 0.6) is 0 Å². The van der Waals surface area contributed by atoms with Crippen molar-refractivity contribution >= 4 is 39.7 Å². The summed E-state index contributed by atoms with van der Waals surface area (Å²) < 4.78 is 16.4. The van der Waals surface area contributed by atoms with Crippen LogP contribution in [0.4, 0.5) is 4.39 Å². The van der Waals surface area contributed by atoms with Gasteiger partial charge in [-0.2, -0.15) is 5.10 Å². The minimum absolute atomic E-state index is 0.163. The molecule has 3 rings (SSSR count). The van der Waals surface area contributed by atoms with Gasteiger partial charge in [0.05, 0.1) is 10.7 Å². The molecule has 1 aromatic heterocycles. The third-order valence-corrected chi connectivity index (χ3v) is 4.62. The fourth-order valence-electron chi connectivity index (χ4n) is 2.80. The van der Waals surface area contributed by atoms with Crippen molar-refractivity contribution in [3.8, 4) is 5.69 Å². The Morgan fingerprint density at radius 2 is 2.04 bits per heavy atom. The molecule has 3 amide bonds. The Morgan fingerprint density at radius 3 is 2.68 bits per heavy atom. The van der Waals surface area contributed by atoms with Gasteiger partial charge in [-0.25, -0.2) is 9.07 Å². The second kappa shape index (κ2) is 8.92. The smallest absolute Gasteiger partial charge is 0.244 e. The molecule has 7 nitrogen and oxygen atoms in total. The van der Waals surface area contributed by atoms with E-state index in [-0.39, 0.29) is 30.6 Å². The van der Waals surface area contributed by atoms with Crippen molar-refractivity contribution in [2.45, 2.75) is 19.3 Å². The van der Waals surface area contributed by atoms with Gasteiger partial charge in [-0.05, 0) is 46.1 Å². The minimum Gasteiger partial charge on any atom is -0.352 e. The SMILES string of the molecule is O=C(/C=C/c1ccc(-n2cc(Br)cn2)c(F)c1)NCCCN1C(=O)CCC1=O. The average Bonchev–Trinajstić information content (AvgIpc) is 3.23. The highest BCUT2D eigenvalue weighted by atomic mass is 79.9. The summed E-state index contributed by atoms with van der Waals surface area (Å²) in [5.74, 6) is -1.12. The van der Waals surface area contributed by atoms with Gasteiger partial charge in [0.15, 0.2) is 0 Å². The molecule has 1 fully saturated rings. The molecule has 2 heterocycles. The molecule has 28 heavy (non-hydrogen) atoms. The first-order valence-corrected chi connectivity index (χ1v) is 9.52. The molecule has 9 heteroatoms. The number of imide groups is 1. The standard InChI is InChI=1S/C19H18BrFN4O3/c20-14-11-23-25(12-14)16-4-2-13(10-15(16)21)3-5-17(26)22-8-1-9-24-18(27)6-7-19(24)28/h2-5,10-12H,1,6-9H2,(H,22,26)/b5-3+. The molecule has 0 bridgehead atoms. The monoisotopic (exact) mass is 448 g/mol. The predicted octanol–water partition coefficient (Wildman–Crippen LogP) is 2.44. The van der Waals surface area contributed by atoms with Crippen LogP contribution in [-0.4, -0.2) is 45.5 Å². The van der Waals surface area contributed by atoms with Crippen molar-refractivity contribution in [3.63, 3.8) is 0 Å². The molecule has 0 spiro atoms. The van der Waals surface area contributed by atoms with E-state index in [4.69, 9.17) is 0 Å². The molecule has 146 valence electrons. The maximum atomic E-state index is 14.3. The van der Waals surface area contributed by atoms with Gasteiger partial charge < -0.3 is 5.32 Å². The van der Waals surface area contributed by atoms with Gasteiger partial charge in [0.1, 0.15) is 11.5 Å². The lowest BCUT2D eigenvalue weighted by Gasteiger charge is -2.13. The number of hydrogen-bond donors (Lipinski definition) is 1. The normalized spacial score (nSPS) is 14.3. The number of rotatable bonds is 7. The van der Waals surface area contributed by atoms with Gasteiger partial charge in [-0.15, -0.1) is 0 Å². The Morgan fingerprint density at radius 1 is 1.29 bits per heavy atom. The molecule has 0 atom stereocenters. The van der Waals surface area contributed by atoms with Crippen molar-refractivity contribution in [2.24, 2.45) is 0 Å². The second-order valence-corrected chi connectivity index (χ2v) is 7.15. The van der Waals surface area contributed by atoms with E-state index in [9.17, 15) is 18.8 Å². The molecule has 0 saturated carbocycles. The van der Waals surface area contributed by atoms with Crippen LogP contribution in [0.2, 0.25) is 0 Å². The molecule has 1 aliphatic heterocycles. The zero-order chi connectivity index (χ0) is 20.1. The Labute approximate surface area is 169 Å². The number of nitrogens with one attached hydrogen (secondary N) is 1. The zero-order valence-electron chi connectivity index (χ0n) is 14.9. The number of amides is 3. The van der Waals surface area contributed by atoms with E-state index in [2.05, 4.69) is 26.3 Å². The van der Waals surface area contributed by atoms with E-state index in [0.29, 0.717) is 30.8 Å². The maximum absolute atomic E-state index is 14.3. The van der Waals surface area contributed by atoms with Crippen molar-refractivity contribution in [1.29, 1.82) is 0 Å². The van der Waals surface area contributed by atoms with Crippen molar-refractivity contribution < 1.29 is 18.8 Å². The molecule has 1 saturated heterocycles. The van der Waals surface area contributed by atoms with Crippen LogP contribution < -0.4 is 5.32 Å². The van der Waals surface area contributed by atoms with Crippen molar-refractivity contribution in [1.82, 2.24) is 20.0 Å². The molecule has 1 aromatic carbocycles. The molecular weight excluding hydrogens is 431 g/mol. The highest BCUT2D eigenvalue weighted by molar-refractivity contribution is 9.10. The van der Waals surface area contributed by atoms with Gasteiger partial charge in [0.2, 0.25) is 17.7 Å². The summed E-state index contributed by atoms with van der Waals surface area (Å²) in [6, 6.07) is 4.58. The number of benzene rings is 1. The van der Waals surface area contributed by atoms with Crippen LogP contribution in [0, 0.1) is 5.82 Å². The Hall–Kier alpha value is -2.81. The zero-order valence-corrected chi connectivity index (χ0v) is 16.5. The van der Waals surface area contributed by atoms with Gasteiger partial charge in [0.25, 0.3) is 0 Å². The third kappa shape index (κ3) is 4.92. The summed E-state index contributed by atoms with van der Waals surface area (Å²) in [6.07, 6.45) is 7.04. The first-order chi connectivity index (χ1) is 13.4. The van der Waals surface area contributed by atoms with E-state index < -0.39 is 5.82 Å². The van der Waals surface area contributed by atoms with Crippen LogP contribution in [0.1, 0.15) is 24.8 Å². The molecule has 0 radical (unpaired) electrons. The van der Waals surface area contributed by atoms with Crippen LogP contribution in [0.25, 0.3) is 11.8 Å². The topological polar surface area (TPSA) is 84.3 Å². The summed E-state index contributed by atoms with van der Waals surface area (Å²) >= 11 is 3.26. The summed E-state index contributed by atoms with van der Waals surface area (Å²) in [5, 5.41) is 6.71. The molecule has 0 unspecified atom stereocenters. The van der Waals surface area contributed by atoms with Gasteiger partial charge in [0, 0.05) is 38.2 Å². The van der Waals surface area contributed by atoms with Gasteiger partial charge >= 0.3 is 0 Å². The molecule has 1 N–H and O–H groups in total. The van der Waals surface area contributed by atoms with Crippen molar-refractivity contribution in [2.75, 3.05) is 13.1 Å². The van der Waals surface area contributed by atoms with E-state index in [1.54, 1.807) is 24.5 Å². The lowest BCUT2D eigenvalue weighted by atomic mass is 10.2. The Bertz CT molecular complexity index is 925. The summed E-state index contributed by atoms with van der Waals surface area (Å²) in [7, 11) is 0. The third-order valence-electron chi connectivity index (χ3n) is 4.21. The molecule has 1 aliphatic rings. The van der Waals surface area contributed by atoms with E-state index in [1.165, 1.54) is 27.8 Å². The number of nitrogens with zero attached hydrogens (tertiary/aromatic N) is 3.